The summed E-state index contributed by atoms with van der Waals surface area (Å²) in [5, 5.41) is 10.3. The Hall–Kier alpha value is -0.900. The van der Waals surface area contributed by atoms with Crippen molar-refractivity contribution in [1.82, 2.24) is 0 Å². The van der Waals surface area contributed by atoms with Crippen LogP contribution in [-0.4, -0.2) is 30.0 Å². The molecule has 0 saturated carbocycles. The number of rotatable bonds is 4. The lowest BCUT2D eigenvalue weighted by Gasteiger charge is -2.30. The Morgan fingerprint density at radius 2 is 1.95 bits per heavy atom. The molecule has 1 aliphatic rings. The van der Waals surface area contributed by atoms with Gasteiger partial charge in [0.25, 0.3) is 0 Å². The normalized spacial score (nSPS) is 23.2. The number of hydrogen-bond acceptors (Lipinski definition) is 3. The maximum absolute atomic E-state index is 10.3. The lowest BCUT2D eigenvalue weighted by atomic mass is 9.87. The summed E-state index contributed by atoms with van der Waals surface area (Å²) >= 11 is 0. The average Bonchev–Trinajstić information content (AvgIpc) is 2.36. The fraction of sp³-hybridized carbons (Fsp3) is 0.625. The van der Waals surface area contributed by atoms with Crippen LogP contribution in [0, 0.1) is 0 Å². The summed E-state index contributed by atoms with van der Waals surface area (Å²) in [6.07, 6.45) is 1.21. The molecular formula is C16H24O3. The van der Waals surface area contributed by atoms with Crippen molar-refractivity contribution < 1.29 is 14.6 Å². The van der Waals surface area contributed by atoms with E-state index in [-0.39, 0.29) is 11.7 Å². The number of aryl methyl sites for hydroxylation is 1. The van der Waals surface area contributed by atoms with Gasteiger partial charge in [-0.1, -0.05) is 24.3 Å². The van der Waals surface area contributed by atoms with Crippen molar-refractivity contribution in [2.75, 3.05) is 13.2 Å². The molecule has 3 nitrogen and oxygen atoms in total. The minimum absolute atomic E-state index is 0.113. The van der Waals surface area contributed by atoms with Crippen LogP contribution in [0.1, 0.15) is 44.4 Å². The summed E-state index contributed by atoms with van der Waals surface area (Å²) < 4.78 is 11.4. The van der Waals surface area contributed by atoms with E-state index in [1.807, 2.05) is 39.0 Å². The third-order valence-corrected chi connectivity index (χ3v) is 3.37. The predicted molar refractivity (Wildman–Crippen MR) is 75.2 cm³/mol. The van der Waals surface area contributed by atoms with Gasteiger partial charge in [0.15, 0.2) is 0 Å². The summed E-state index contributed by atoms with van der Waals surface area (Å²) in [7, 11) is 0. The van der Waals surface area contributed by atoms with Crippen LogP contribution in [0.25, 0.3) is 0 Å². The molecule has 2 rings (SSSR count). The van der Waals surface area contributed by atoms with E-state index >= 15 is 0 Å². The first-order valence-electron chi connectivity index (χ1n) is 6.99. The molecule has 0 bridgehead atoms. The molecule has 1 aliphatic carbocycles. The van der Waals surface area contributed by atoms with Gasteiger partial charge >= 0.3 is 0 Å². The first kappa shape index (κ1) is 14.5. The lowest BCUT2D eigenvalue weighted by molar-refractivity contribution is -0.0868. The molecule has 3 heteroatoms. The number of aliphatic hydroxyl groups is 1. The first-order valence-corrected chi connectivity index (χ1v) is 6.99. The number of ether oxygens (including phenoxy) is 2. The minimum atomic E-state index is -0.514. The summed E-state index contributed by atoms with van der Waals surface area (Å²) in [4.78, 5) is 0. The quantitative estimate of drug-likeness (QED) is 0.850. The van der Waals surface area contributed by atoms with Gasteiger partial charge in [0.2, 0.25) is 0 Å². The lowest BCUT2D eigenvalue weighted by Crippen LogP contribution is -2.30. The molecule has 0 fully saturated rings. The second-order valence-electron chi connectivity index (χ2n) is 6.05. The van der Waals surface area contributed by atoms with Gasteiger partial charge in [-0.3, -0.25) is 0 Å². The Morgan fingerprint density at radius 3 is 2.68 bits per heavy atom. The number of benzene rings is 1. The Labute approximate surface area is 115 Å². The van der Waals surface area contributed by atoms with E-state index < -0.39 is 6.10 Å². The van der Waals surface area contributed by atoms with Crippen LogP contribution in [0.4, 0.5) is 0 Å². The zero-order chi connectivity index (χ0) is 13.9. The van der Waals surface area contributed by atoms with Gasteiger partial charge in [-0.15, -0.1) is 0 Å². The molecule has 106 valence electrons. The molecule has 0 radical (unpaired) electrons. The van der Waals surface area contributed by atoms with Crippen LogP contribution in [0.5, 0.6) is 0 Å². The highest BCUT2D eigenvalue weighted by Gasteiger charge is 2.28. The van der Waals surface area contributed by atoms with E-state index in [1.54, 1.807) is 0 Å². The number of fused-ring (bicyclic) bond motifs is 1. The molecule has 0 aromatic heterocycles. The molecule has 1 N–H and O–H groups in total. The van der Waals surface area contributed by atoms with Crippen LogP contribution >= 0.6 is 0 Å². The van der Waals surface area contributed by atoms with Crippen molar-refractivity contribution >= 4 is 0 Å². The van der Waals surface area contributed by atoms with E-state index in [4.69, 9.17) is 9.47 Å². The van der Waals surface area contributed by atoms with E-state index in [2.05, 4.69) is 6.07 Å². The van der Waals surface area contributed by atoms with Crippen molar-refractivity contribution in [3.05, 3.63) is 35.4 Å². The second kappa shape index (κ2) is 6.04. The zero-order valence-electron chi connectivity index (χ0n) is 12.1. The van der Waals surface area contributed by atoms with Crippen molar-refractivity contribution in [3.8, 4) is 0 Å². The average molecular weight is 264 g/mol. The van der Waals surface area contributed by atoms with Gasteiger partial charge in [0.05, 0.1) is 24.9 Å². The molecule has 0 amide bonds. The third kappa shape index (κ3) is 4.03. The second-order valence-corrected chi connectivity index (χ2v) is 6.05. The van der Waals surface area contributed by atoms with E-state index in [0.717, 1.165) is 18.4 Å². The number of aliphatic hydroxyl groups excluding tert-OH is 1. The van der Waals surface area contributed by atoms with Crippen molar-refractivity contribution in [3.63, 3.8) is 0 Å². The molecule has 0 heterocycles. The van der Waals surface area contributed by atoms with Crippen LogP contribution in [-0.2, 0) is 15.9 Å². The highest BCUT2D eigenvalue weighted by Crippen LogP contribution is 2.31. The SMILES string of the molecule is CC(C)(C)OCCOC1CCc2ccccc2C1O. The van der Waals surface area contributed by atoms with Crippen molar-refractivity contribution in [2.24, 2.45) is 0 Å². The van der Waals surface area contributed by atoms with Gasteiger partial charge < -0.3 is 14.6 Å². The van der Waals surface area contributed by atoms with Gasteiger partial charge in [-0.05, 0) is 44.7 Å². The van der Waals surface area contributed by atoms with E-state index in [0.29, 0.717) is 13.2 Å². The summed E-state index contributed by atoms with van der Waals surface area (Å²) in [5.74, 6) is 0. The first-order chi connectivity index (χ1) is 8.97. The van der Waals surface area contributed by atoms with Gasteiger partial charge in [-0.25, -0.2) is 0 Å². The monoisotopic (exact) mass is 264 g/mol. The third-order valence-electron chi connectivity index (χ3n) is 3.37. The molecule has 2 atom stereocenters. The van der Waals surface area contributed by atoms with Gasteiger partial charge in [0.1, 0.15) is 6.10 Å². The van der Waals surface area contributed by atoms with Gasteiger partial charge in [-0.2, -0.15) is 0 Å². The Balaban J connectivity index is 1.84. The highest BCUT2D eigenvalue weighted by atomic mass is 16.5. The van der Waals surface area contributed by atoms with Crippen molar-refractivity contribution in [2.45, 2.75) is 51.4 Å². The molecule has 0 aliphatic heterocycles. The fourth-order valence-electron chi connectivity index (χ4n) is 2.43. The Bertz CT molecular complexity index is 409. The molecular weight excluding hydrogens is 240 g/mol. The fourth-order valence-corrected chi connectivity index (χ4v) is 2.43. The highest BCUT2D eigenvalue weighted by molar-refractivity contribution is 5.32. The van der Waals surface area contributed by atoms with Crippen LogP contribution in [0.15, 0.2) is 24.3 Å². The van der Waals surface area contributed by atoms with E-state index in [1.165, 1.54) is 5.56 Å². The Kier molecular flexibility index (Phi) is 4.61. The molecule has 0 saturated heterocycles. The maximum atomic E-state index is 10.3. The van der Waals surface area contributed by atoms with Gasteiger partial charge in [0, 0.05) is 0 Å². The molecule has 2 unspecified atom stereocenters. The molecule has 0 spiro atoms. The smallest absolute Gasteiger partial charge is 0.105 e. The molecule has 1 aromatic rings. The topological polar surface area (TPSA) is 38.7 Å². The zero-order valence-corrected chi connectivity index (χ0v) is 12.1. The van der Waals surface area contributed by atoms with E-state index in [9.17, 15) is 5.11 Å². The Morgan fingerprint density at radius 1 is 1.21 bits per heavy atom. The summed E-state index contributed by atoms with van der Waals surface area (Å²) in [6, 6.07) is 8.05. The van der Waals surface area contributed by atoms with Crippen LogP contribution < -0.4 is 0 Å². The maximum Gasteiger partial charge on any atom is 0.105 e. The number of hydrogen-bond donors (Lipinski definition) is 1. The summed E-state index contributed by atoms with van der Waals surface area (Å²) in [5.41, 5.74) is 2.11. The molecule has 19 heavy (non-hydrogen) atoms. The molecule has 1 aromatic carbocycles. The van der Waals surface area contributed by atoms with Crippen molar-refractivity contribution in [1.29, 1.82) is 0 Å². The minimum Gasteiger partial charge on any atom is -0.386 e. The summed E-state index contributed by atoms with van der Waals surface area (Å²) in [6.45, 7) is 7.17. The standard InChI is InChI=1S/C16H24O3/c1-16(2,3)19-11-10-18-14-9-8-12-6-4-5-7-13(12)15(14)17/h4-7,14-15,17H,8-11H2,1-3H3. The predicted octanol–water partition coefficient (Wildman–Crippen LogP) is 2.87. The van der Waals surface area contributed by atoms with Crippen LogP contribution in [0.3, 0.4) is 0 Å². The van der Waals surface area contributed by atoms with Crippen LogP contribution in [0.2, 0.25) is 0 Å². The largest absolute Gasteiger partial charge is 0.386 e.